The smallest absolute Gasteiger partial charge is 0.254 e. The molecule has 0 atom stereocenters. The van der Waals surface area contributed by atoms with E-state index in [9.17, 15) is 4.79 Å². The second-order valence-electron chi connectivity index (χ2n) is 6.76. The van der Waals surface area contributed by atoms with Gasteiger partial charge in [0.25, 0.3) is 5.91 Å². The molecule has 0 radical (unpaired) electrons. The van der Waals surface area contributed by atoms with Gasteiger partial charge in [-0.05, 0) is 46.2 Å². The topological polar surface area (TPSA) is 32.3 Å². The summed E-state index contributed by atoms with van der Waals surface area (Å²) in [4.78, 5) is 14.8. The fraction of sp³-hybridized carbons (Fsp3) is 0.562. The molecule has 1 heterocycles. The summed E-state index contributed by atoms with van der Waals surface area (Å²) in [5.41, 5.74) is 1.66. The number of piperazine rings is 1. The minimum atomic E-state index is -0.158. The Morgan fingerprint density at radius 2 is 1.84 bits per heavy atom. The maximum Gasteiger partial charge on any atom is 0.254 e. The zero-order valence-corrected chi connectivity index (χ0v) is 12.6. The third kappa shape index (κ3) is 2.81. The van der Waals surface area contributed by atoms with Crippen molar-refractivity contribution < 1.29 is 4.79 Å². The zero-order chi connectivity index (χ0) is 14.3. The van der Waals surface area contributed by atoms with Crippen molar-refractivity contribution in [3.63, 3.8) is 0 Å². The molecule has 3 nitrogen and oxygen atoms in total. The quantitative estimate of drug-likeness (QED) is 0.842. The number of benzene rings is 1. The Morgan fingerprint density at radius 1 is 1.21 bits per heavy atom. The number of carbonyl (C=O) groups is 1. The molecule has 1 saturated heterocycles. The fourth-order valence-corrected chi connectivity index (χ4v) is 2.52. The first-order valence-corrected chi connectivity index (χ1v) is 6.86. The number of hydrogen-bond donors (Lipinski definition) is 1. The van der Waals surface area contributed by atoms with Crippen LogP contribution in [-0.2, 0) is 0 Å². The van der Waals surface area contributed by atoms with Gasteiger partial charge in [0.1, 0.15) is 0 Å². The predicted octanol–water partition coefficient (Wildman–Crippen LogP) is 2.60. The lowest BCUT2D eigenvalue weighted by molar-refractivity contribution is 0.0281. The molecule has 0 bridgehead atoms. The molecule has 0 aromatic heterocycles. The summed E-state index contributed by atoms with van der Waals surface area (Å²) in [6.45, 7) is 12.1. The monoisotopic (exact) mass is 260 g/mol. The molecule has 1 amide bonds. The van der Waals surface area contributed by atoms with Crippen LogP contribution in [0.25, 0.3) is 0 Å². The van der Waals surface area contributed by atoms with Crippen molar-refractivity contribution in [1.82, 2.24) is 10.2 Å². The first-order chi connectivity index (χ1) is 8.73. The average Bonchev–Trinajstić information content (AvgIpc) is 2.33. The summed E-state index contributed by atoms with van der Waals surface area (Å²) in [6.07, 6.45) is 0. The summed E-state index contributed by atoms with van der Waals surface area (Å²) in [7, 11) is 0. The zero-order valence-electron chi connectivity index (χ0n) is 12.6. The maximum absolute atomic E-state index is 12.8. The number of hydrogen-bond acceptors (Lipinski definition) is 2. The maximum atomic E-state index is 12.8. The molecule has 19 heavy (non-hydrogen) atoms. The highest BCUT2D eigenvalue weighted by Crippen LogP contribution is 2.26. The molecule has 1 aliphatic heterocycles. The summed E-state index contributed by atoms with van der Waals surface area (Å²) < 4.78 is 0. The van der Waals surface area contributed by atoms with E-state index in [0.29, 0.717) is 0 Å². The molecule has 0 aliphatic carbocycles. The molecule has 0 saturated carbocycles. The number of carbonyl (C=O) groups excluding carboxylic acids is 1. The van der Waals surface area contributed by atoms with E-state index in [2.05, 4.69) is 33.0 Å². The number of aryl methyl sites for hydroxylation is 1. The highest BCUT2D eigenvalue weighted by atomic mass is 16.2. The van der Waals surface area contributed by atoms with Gasteiger partial charge >= 0.3 is 0 Å². The van der Waals surface area contributed by atoms with Crippen molar-refractivity contribution in [2.24, 2.45) is 0 Å². The van der Waals surface area contributed by atoms with Crippen LogP contribution in [0, 0.1) is 6.92 Å². The van der Waals surface area contributed by atoms with Gasteiger partial charge in [-0.3, -0.25) is 4.79 Å². The van der Waals surface area contributed by atoms with Crippen LogP contribution < -0.4 is 5.32 Å². The lowest BCUT2D eigenvalue weighted by Crippen LogP contribution is -2.67. The normalized spacial score (nSPS) is 21.2. The number of rotatable bonds is 1. The van der Waals surface area contributed by atoms with Gasteiger partial charge in [0.2, 0.25) is 0 Å². The Bertz CT molecular complexity index is 491. The van der Waals surface area contributed by atoms with E-state index < -0.39 is 0 Å². The van der Waals surface area contributed by atoms with Gasteiger partial charge in [-0.1, -0.05) is 18.2 Å². The van der Waals surface area contributed by atoms with Crippen LogP contribution in [0.1, 0.15) is 43.6 Å². The van der Waals surface area contributed by atoms with Crippen molar-refractivity contribution >= 4 is 5.91 Å². The van der Waals surface area contributed by atoms with Gasteiger partial charge in [-0.25, -0.2) is 0 Å². The van der Waals surface area contributed by atoms with Gasteiger partial charge < -0.3 is 10.2 Å². The Balaban J connectivity index is 2.33. The van der Waals surface area contributed by atoms with Gasteiger partial charge in [0.05, 0.1) is 5.54 Å². The Morgan fingerprint density at radius 3 is 2.47 bits per heavy atom. The number of nitrogens with one attached hydrogen (secondary N) is 1. The van der Waals surface area contributed by atoms with Gasteiger partial charge in [-0.15, -0.1) is 0 Å². The van der Waals surface area contributed by atoms with Gasteiger partial charge in [0, 0.05) is 24.2 Å². The van der Waals surface area contributed by atoms with E-state index in [-0.39, 0.29) is 17.0 Å². The average molecular weight is 260 g/mol. The third-order valence-electron chi connectivity index (χ3n) is 3.90. The molecular weight excluding hydrogens is 236 g/mol. The van der Waals surface area contributed by atoms with Crippen LogP contribution in [0.15, 0.2) is 24.3 Å². The molecule has 1 aromatic carbocycles. The molecule has 104 valence electrons. The molecule has 0 spiro atoms. The molecule has 3 heteroatoms. The van der Waals surface area contributed by atoms with Gasteiger partial charge in [0.15, 0.2) is 0 Å². The van der Waals surface area contributed by atoms with Crippen LogP contribution in [0.5, 0.6) is 0 Å². The Labute approximate surface area is 116 Å². The first-order valence-electron chi connectivity index (χ1n) is 6.86. The van der Waals surface area contributed by atoms with Gasteiger partial charge in [-0.2, -0.15) is 0 Å². The van der Waals surface area contributed by atoms with Crippen LogP contribution in [0.4, 0.5) is 0 Å². The summed E-state index contributed by atoms with van der Waals surface area (Å²) in [5.74, 6) is 0.137. The molecule has 2 rings (SSSR count). The van der Waals surface area contributed by atoms with Crippen LogP contribution in [-0.4, -0.2) is 35.0 Å². The molecule has 1 N–H and O–H groups in total. The van der Waals surface area contributed by atoms with Crippen molar-refractivity contribution in [2.45, 2.75) is 45.7 Å². The molecule has 0 unspecified atom stereocenters. The second kappa shape index (κ2) is 4.64. The summed E-state index contributed by atoms with van der Waals surface area (Å²) >= 11 is 0. The third-order valence-corrected chi connectivity index (χ3v) is 3.90. The SMILES string of the molecule is Cc1ccccc1C(=O)N1CC(C)(C)NCC1(C)C. The molecule has 1 aliphatic rings. The minimum Gasteiger partial charge on any atom is -0.330 e. The minimum absolute atomic E-state index is 0.0339. The van der Waals surface area contributed by atoms with Crippen molar-refractivity contribution in [3.05, 3.63) is 35.4 Å². The largest absolute Gasteiger partial charge is 0.330 e. The predicted molar refractivity (Wildman–Crippen MR) is 78.4 cm³/mol. The lowest BCUT2D eigenvalue weighted by Gasteiger charge is -2.49. The number of nitrogens with zero attached hydrogens (tertiary/aromatic N) is 1. The van der Waals surface area contributed by atoms with Crippen LogP contribution in [0.2, 0.25) is 0 Å². The molecule has 1 fully saturated rings. The summed E-state index contributed by atoms with van der Waals surface area (Å²) in [6, 6.07) is 7.82. The van der Waals surface area contributed by atoms with Crippen LogP contribution in [0.3, 0.4) is 0 Å². The van der Waals surface area contributed by atoms with Crippen molar-refractivity contribution in [2.75, 3.05) is 13.1 Å². The highest BCUT2D eigenvalue weighted by molar-refractivity contribution is 5.96. The first kappa shape index (κ1) is 14.1. The number of amides is 1. The lowest BCUT2D eigenvalue weighted by atomic mass is 9.90. The fourth-order valence-electron chi connectivity index (χ4n) is 2.52. The van der Waals surface area contributed by atoms with E-state index in [1.165, 1.54) is 0 Å². The Hall–Kier alpha value is -1.35. The summed E-state index contributed by atoms with van der Waals surface area (Å²) in [5, 5.41) is 3.51. The Kier molecular flexibility index (Phi) is 3.43. The second-order valence-corrected chi connectivity index (χ2v) is 6.76. The van der Waals surface area contributed by atoms with E-state index in [1.807, 2.05) is 36.1 Å². The molecule has 1 aromatic rings. The van der Waals surface area contributed by atoms with E-state index >= 15 is 0 Å². The van der Waals surface area contributed by atoms with Crippen molar-refractivity contribution in [3.8, 4) is 0 Å². The van der Waals surface area contributed by atoms with E-state index in [4.69, 9.17) is 0 Å². The van der Waals surface area contributed by atoms with E-state index in [0.717, 1.165) is 24.2 Å². The highest BCUT2D eigenvalue weighted by Gasteiger charge is 2.40. The standard InChI is InChI=1S/C16H24N2O/c1-12-8-6-7-9-13(12)14(19)18-11-15(2,3)17-10-16(18,4)5/h6-9,17H,10-11H2,1-5H3. The van der Waals surface area contributed by atoms with Crippen LogP contribution >= 0.6 is 0 Å². The van der Waals surface area contributed by atoms with E-state index in [1.54, 1.807) is 0 Å². The molecular formula is C16H24N2O. The van der Waals surface area contributed by atoms with Crippen molar-refractivity contribution in [1.29, 1.82) is 0 Å².